The lowest BCUT2D eigenvalue weighted by atomic mass is 9.98. The van der Waals surface area contributed by atoms with Crippen LogP contribution in [-0.2, 0) is 24.4 Å². The third kappa shape index (κ3) is 5.54. The number of carbonyl (C=O) groups excluding carboxylic acids is 1. The quantitative estimate of drug-likeness (QED) is 0.232. The standard InChI is InChI=1S/C32H33FN6O3/c1-20-8-4-5-9-24(20)16-26-21(2)35-31-27(17-34-39(31)22(26)3)32(40)38-15-7-6-10-28(38)30-36-29(42-37-30)19-41-18-23-11-13-25(33)14-12-23/h4-5,8-9,11-14,17,28H,6-7,10,15-16,18-19H2,1-3H3. The van der Waals surface area contributed by atoms with E-state index in [2.05, 4.69) is 34.3 Å². The molecule has 1 saturated heterocycles. The molecule has 4 heterocycles. The van der Waals surface area contributed by atoms with E-state index in [1.54, 1.807) is 22.8 Å². The lowest BCUT2D eigenvalue weighted by Crippen LogP contribution is -2.39. The Kier molecular flexibility index (Phi) is 7.80. The summed E-state index contributed by atoms with van der Waals surface area (Å²) >= 11 is 0. The minimum absolute atomic E-state index is 0.117. The lowest BCUT2D eigenvalue weighted by Gasteiger charge is -2.33. The van der Waals surface area contributed by atoms with E-state index in [1.807, 2.05) is 30.9 Å². The minimum atomic E-state index is -0.321. The van der Waals surface area contributed by atoms with Crippen molar-refractivity contribution in [3.63, 3.8) is 0 Å². The summed E-state index contributed by atoms with van der Waals surface area (Å²) < 4.78 is 26.0. The molecule has 1 unspecified atom stereocenters. The fraction of sp³-hybridized carbons (Fsp3) is 0.344. The predicted octanol–water partition coefficient (Wildman–Crippen LogP) is 5.85. The van der Waals surface area contributed by atoms with Gasteiger partial charge in [-0.05, 0) is 74.4 Å². The lowest BCUT2D eigenvalue weighted by molar-refractivity contribution is 0.0598. The Morgan fingerprint density at radius 3 is 2.67 bits per heavy atom. The van der Waals surface area contributed by atoms with E-state index in [-0.39, 0.29) is 24.4 Å². The molecule has 0 spiro atoms. The minimum Gasteiger partial charge on any atom is -0.367 e. The summed E-state index contributed by atoms with van der Waals surface area (Å²) in [5, 5.41) is 8.78. The second-order valence-corrected chi connectivity index (χ2v) is 10.8. The summed E-state index contributed by atoms with van der Waals surface area (Å²) in [7, 11) is 0. The van der Waals surface area contributed by atoms with Crippen LogP contribution in [0.3, 0.4) is 0 Å². The number of hydrogen-bond donors (Lipinski definition) is 0. The molecule has 0 aliphatic carbocycles. The zero-order chi connectivity index (χ0) is 29.2. The van der Waals surface area contributed by atoms with Crippen LogP contribution in [0.2, 0.25) is 0 Å². The Morgan fingerprint density at radius 1 is 1.05 bits per heavy atom. The third-order valence-electron chi connectivity index (χ3n) is 8.02. The van der Waals surface area contributed by atoms with Crippen LogP contribution in [0, 0.1) is 26.6 Å². The fourth-order valence-electron chi connectivity index (χ4n) is 5.61. The Hall–Kier alpha value is -4.44. The zero-order valence-electron chi connectivity index (χ0n) is 24.0. The Labute approximate surface area is 243 Å². The van der Waals surface area contributed by atoms with Crippen LogP contribution in [0.15, 0.2) is 59.3 Å². The molecule has 0 N–H and O–H groups in total. The highest BCUT2D eigenvalue weighted by molar-refractivity contribution is 6.00. The van der Waals surface area contributed by atoms with E-state index in [0.29, 0.717) is 36.1 Å². The molecule has 0 radical (unpaired) electrons. The Bertz CT molecular complexity index is 1730. The van der Waals surface area contributed by atoms with Gasteiger partial charge in [-0.2, -0.15) is 10.1 Å². The number of aryl methyl sites for hydroxylation is 3. The molecule has 216 valence electrons. The van der Waals surface area contributed by atoms with Gasteiger partial charge in [-0.1, -0.05) is 41.6 Å². The summed E-state index contributed by atoms with van der Waals surface area (Å²) in [5.41, 5.74) is 7.29. The molecule has 6 rings (SSSR count). The molecule has 42 heavy (non-hydrogen) atoms. The van der Waals surface area contributed by atoms with Gasteiger partial charge in [0, 0.05) is 24.4 Å². The first-order valence-corrected chi connectivity index (χ1v) is 14.2. The van der Waals surface area contributed by atoms with Gasteiger partial charge in [-0.3, -0.25) is 4.79 Å². The van der Waals surface area contributed by atoms with Crippen LogP contribution >= 0.6 is 0 Å². The Morgan fingerprint density at radius 2 is 1.86 bits per heavy atom. The molecular formula is C32H33FN6O3. The average molecular weight is 569 g/mol. The highest BCUT2D eigenvalue weighted by Crippen LogP contribution is 2.32. The molecule has 1 amide bonds. The van der Waals surface area contributed by atoms with Crippen molar-refractivity contribution in [2.45, 2.75) is 65.7 Å². The number of nitrogens with zero attached hydrogens (tertiary/aromatic N) is 6. The molecule has 1 aliphatic rings. The molecule has 1 aliphatic heterocycles. The van der Waals surface area contributed by atoms with Crippen molar-refractivity contribution in [1.29, 1.82) is 0 Å². The van der Waals surface area contributed by atoms with Crippen LogP contribution in [0.5, 0.6) is 0 Å². The number of hydrogen-bond acceptors (Lipinski definition) is 7. The normalized spacial score (nSPS) is 15.4. The number of rotatable bonds is 8. The van der Waals surface area contributed by atoms with Crippen molar-refractivity contribution in [3.8, 4) is 0 Å². The topological polar surface area (TPSA) is 98.7 Å². The van der Waals surface area contributed by atoms with E-state index in [1.165, 1.54) is 23.3 Å². The average Bonchev–Trinajstić information content (AvgIpc) is 3.64. The van der Waals surface area contributed by atoms with E-state index < -0.39 is 0 Å². The van der Waals surface area contributed by atoms with Crippen LogP contribution in [-0.4, -0.2) is 42.1 Å². The maximum Gasteiger partial charge on any atom is 0.259 e. The van der Waals surface area contributed by atoms with Crippen molar-refractivity contribution in [3.05, 3.63) is 111 Å². The van der Waals surface area contributed by atoms with Gasteiger partial charge in [0.15, 0.2) is 11.5 Å². The van der Waals surface area contributed by atoms with Crippen LogP contribution < -0.4 is 0 Å². The molecule has 10 heteroatoms. The summed E-state index contributed by atoms with van der Waals surface area (Å²) in [6.45, 7) is 7.12. The van der Waals surface area contributed by atoms with Gasteiger partial charge in [0.1, 0.15) is 18.0 Å². The molecule has 0 saturated carbocycles. The van der Waals surface area contributed by atoms with Crippen molar-refractivity contribution >= 4 is 11.6 Å². The van der Waals surface area contributed by atoms with Crippen molar-refractivity contribution in [1.82, 2.24) is 29.6 Å². The number of amides is 1. The number of benzene rings is 2. The summed E-state index contributed by atoms with van der Waals surface area (Å²) in [4.78, 5) is 25.2. The monoisotopic (exact) mass is 568 g/mol. The SMILES string of the molecule is Cc1ccccc1Cc1c(C)nc2c(C(=O)N3CCCCC3c3noc(COCc4ccc(F)cc4)n3)cnn2c1C. The van der Waals surface area contributed by atoms with Gasteiger partial charge in [-0.15, -0.1) is 0 Å². The maximum absolute atomic E-state index is 14.0. The van der Waals surface area contributed by atoms with Crippen molar-refractivity contribution in [2.75, 3.05) is 6.54 Å². The number of fused-ring (bicyclic) bond motifs is 1. The second-order valence-electron chi connectivity index (χ2n) is 10.8. The molecule has 9 nitrogen and oxygen atoms in total. The maximum atomic E-state index is 14.0. The first-order valence-electron chi connectivity index (χ1n) is 14.2. The molecule has 1 atom stereocenters. The van der Waals surface area contributed by atoms with Gasteiger partial charge in [-0.25, -0.2) is 13.9 Å². The van der Waals surface area contributed by atoms with E-state index in [9.17, 15) is 9.18 Å². The predicted molar refractivity (Wildman–Crippen MR) is 153 cm³/mol. The summed E-state index contributed by atoms with van der Waals surface area (Å²) in [6.07, 6.45) is 4.93. The molecular weight excluding hydrogens is 535 g/mol. The smallest absolute Gasteiger partial charge is 0.259 e. The molecule has 3 aromatic heterocycles. The highest BCUT2D eigenvalue weighted by atomic mass is 19.1. The van der Waals surface area contributed by atoms with Crippen LogP contribution in [0.4, 0.5) is 4.39 Å². The summed E-state index contributed by atoms with van der Waals surface area (Å²) in [6, 6.07) is 14.1. The summed E-state index contributed by atoms with van der Waals surface area (Å²) in [5.74, 6) is 0.349. The Balaban J connectivity index is 1.20. The third-order valence-corrected chi connectivity index (χ3v) is 8.02. The number of ether oxygens (including phenoxy) is 1. The van der Waals surface area contributed by atoms with E-state index in [4.69, 9.17) is 14.2 Å². The number of carbonyl (C=O) groups is 1. The number of piperidine rings is 1. The fourth-order valence-corrected chi connectivity index (χ4v) is 5.61. The highest BCUT2D eigenvalue weighted by Gasteiger charge is 2.34. The first kappa shape index (κ1) is 27.7. The van der Waals surface area contributed by atoms with Crippen molar-refractivity contribution < 1.29 is 18.4 Å². The van der Waals surface area contributed by atoms with Crippen LogP contribution in [0.25, 0.3) is 5.65 Å². The van der Waals surface area contributed by atoms with E-state index >= 15 is 0 Å². The number of aromatic nitrogens is 5. The largest absolute Gasteiger partial charge is 0.367 e. The molecule has 1 fully saturated rings. The first-order chi connectivity index (χ1) is 20.4. The van der Waals surface area contributed by atoms with Gasteiger partial charge in [0.2, 0.25) is 0 Å². The van der Waals surface area contributed by atoms with Gasteiger partial charge in [0.05, 0.1) is 18.8 Å². The van der Waals surface area contributed by atoms with Crippen LogP contribution in [0.1, 0.15) is 81.0 Å². The van der Waals surface area contributed by atoms with Gasteiger partial charge in [0.25, 0.3) is 11.8 Å². The zero-order valence-corrected chi connectivity index (χ0v) is 24.0. The van der Waals surface area contributed by atoms with Crippen molar-refractivity contribution in [2.24, 2.45) is 0 Å². The molecule has 5 aromatic rings. The van der Waals surface area contributed by atoms with E-state index in [0.717, 1.165) is 48.2 Å². The number of likely N-dealkylation sites (tertiary alicyclic amines) is 1. The second kappa shape index (κ2) is 11.8. The molecule has 0 bridgehead atoms. The number of halogens is 1. The molecule has 2 aromatic carbocycles. The van der Waals surface area contributed by atoms with Gasteiger partial charge >= 0.3 is 0 Å². The van der Waals surface area contributed by atoms with Gasteiger partial charge < -0.3 is 14.2 Å².